The second-order valence-electron chi connectivity index (χ2n) is 8.80. The van der Waals surface area contributed by atoms with Crippen LogP contribution >= 0.6 is 0 Å². The fourth-order valence-corrected chi connectivity index (χ4v) is 5.62. The topological polar surface area (TPSA) is 31.5 Å². The van der Waals surface area contributed by atoms with Gasteiger partial charge in [-0.05, 0) is 86.9 Å². The Morgan fingerprint density at radius 1 is 0.565 bits per heavy atom. The predicted molar refractivity (Wildman–Crippen MR) is 91.9 cm³/mol. The number of hydrogen-bond donors (Lipinski definition) is 0. The molecule has 1 nitrogen and oxygen atoms in total. The number of rotatable bonds is 2. The molecule has 3 fully saturated rings. The molecule has 3 aliphatic carbocycles. The van der Waals surface area contributed by atoms with Crippen molar-refractivity contribution < 1.29 is 14.3 Å². The Bertz CT molecular complexity index is 346. The van der Waals surface area contributed by atoms with Gasteiger partial charge in [-0.25, -0.2) is 8.78 Å². The van der Waals surface area contributed by atoms with Gasteiger partial charge < -0.3 is 5.48 Å². The van der Waals surface area contributed by atoms with Gasteiger partial charge in [-0.2, -0.15) is 0 Å². The van der Waals surface area contributed by atoms with Crippen molar-refractivity contribution in [1.29, 1.82) is 0 Å². The Morgan fingerprint density at radius 2 is 1.04 bits per heavy atom. The zero-order chi connectivity index (χ0) is 15.7. The van der Waals surface area contributed by atoms with Crippen molar-refractivity contribution in [3.63, 3.8) is 0 Å². The van der Waals surface area contributed by atoms with E-state index in [1.807, 2.05) is 6.92 Å². The van der Waals surface area contributed by atoms with Gasteiger partial charge in [0.2, 0.25) is 0 Å². The van der Waals surface area contributed by atoms with Crippen LogP contribution in [0.15, 0.2) is 0 Å². The smallest absolute Gasteiger partial charge is 0.134 e. The molecular formula is C20H36F2O. The lowest BCUT2D eigenvalue weighted by atomic mass is 9.64. The summed E-state index contributed by atoms with van der Waals surface area (Å²) >= 11 is 0. The Labute approximate surface area is 140 Å². The first-order valence-electron chi connectivity index (χ1n) is 9.84. The maximum atomic E-state index is 14.4. The standard InChI is InChI=1S/C20H34F2.H2O/c1-13-3-6-15(7-4-13)16-8-10-17(11-9-16)18-12-5-14(2)19(21)20(18)22;/h13-20H,3-12H2,1-2H3;1H2. The summed E-state index contributed by atoms with van der Waals surface area (Å²) in [5, 5.41) is 0. The van der Waals surface area contributed by atoms with Gasteiger partial charge in [0.1, 0.15) is 12.3 Å². The molecule has 23 heavy (non-hydrogen) atoms. The van der Waals surface area contributed by atoms with Gasteiger partial charge in [0.05, 0.1) is 0 Å². The number of alkyl halides is 2. The molecule has 136 valence electrons. The summed E-state index contributed by atoms with van der Waals surface area (Å²) in [6.45, 7) is 4.25. The van der Waals surface area contributed by atoms with Crippen LogP contribution in [0.2, 0.25) is 0 Å². The third-order valence-corrected chi connectivity index (χ3v) is 7.36. The Kier molecular flexibility index (Phi) is 6.88. The molecule has 0 bridgehead atoms. The molecule has 0 aromatic heterocycles. The van der Waals surface area contributed by atoms with E-state index in [4.69, 9.17) is 0 Å². The zero-order valence-corrected chi connectivity index (χ0v) is 14.9. The van der Waals surface area contributed by atoms with E-state index < -0.39 is 12.3 Å². The molecule has 0 aromatic rings. The molecule has 3 rings (SSSR count). The van der Waals surface area contributed by atoms with Gasteiger partial charge in [0.25, 0.3) is 0 Å². The number of halogens is 2. The van der Waals surface area contributed by atoms with Crippen molar-refractivity contribution in [2.24, 2.45) is 35.5 Å². The molecule has 0 heterocycles. The van der Waals surface area contributed by atoms with E-state index in [1.165, 1.54) is 38.5 Å². The molecular weight excluding hydrogens is 294 g/mol. The van der Waals surface area contributed by atoms with E-state index in [9.17, 15) is 8.78 Å². The molecule has 3 saturated carbocycles. The van der Waals surface area contributed by atoms with E-state index in [0.29, 0.717) is 5.92 Å². The quantitative estimate of drug-likeness (QED) is 0.639. The predicted octanol–water partition coefficient (Wildman–Crippen LogP) is 5.52. The monoisotopic (exact) mass is 330 g/mol. The minimum atomic E-state index is -1.21. The highest BCUT2D eigenvalue weighted by Gasteiger charge is 2.43. The Balaban J connectivity index is 0.00000192. The van der Waals surface area contributed by atoms with Crippen molar-refractivity contribution in [3.05, 3.63) is 0 Å². The van der Waals surface area contributed by atoms with Crippen LogP contribution in [0.3, 0.4) is 0 Å². The minimum absolute atomic E-state index is 0. The summed E-state index contributed by atoms with van der Waals surface area (Å²) in [5.41, 5.74) is 0. The van der Waals surface area contributed by atoms with Crippen LogP contribution < -0.4 is 0 Å². The molecule has 0 aromatic carbocycles. The van der Waals surface area contributed by atoms with E-state index in [0.717, 1.165) is 43.4 Å². The summed E-state index contributed by atoms with van der Waals surface area (Å²) in [4.78, 5) is 0. The third kappa shape index (κ3) is 4.27. The van der Waals surface area contributed by atoms with Crippen LogP contribution in [-0.4, -0.2) is 17.8 Å². The summed E-state index contributed by atoms with van der Waals surface area (Å²) < 4.78 is 28.4. The summed E-state index contributed by atoms with van der Waals surface area (Å²) in [6, 6.07) is 0. The van der Waals surface area contributed by atoms with Gasteiger partial charge in [0, 0.05) is 0 Å². The summed E-state index contributed by atoms with van der Waals surface area (Å²) in [5.74, 6) is 3.12. The maximum Gasteiger partial charge on any atom is 0.134 e. The van der Waals surface area contributed by atoms with Crippen LogP contribution in [0, 0.1) is 35.5 Å². The fraction of sp³-hybridized carbons (Fsp3) is 1.00. The van der Waals surface area contributed by atoms with Crippen LogP contribution in [-0.2, 0) is 0 Å². The highest BCUT2D eigenvalue weighted by atomic mass is 19.2. The molecule has 3 heteroatoms. The van der Waals surface area contributed by atoms with Crippen LogP contribution in [0.5, 0.6) is 0 Å². The molecule has 3 aliphatic rings. The first kappa shape index (κ1) is 19.1. The molecule has 0 spiro atoms. The molecule has 0 saturated heterocycles. The van der Waals surface area contributed by atoms with E-state index >= 15 is 0 Å². The van der Waals surface area contributed by atoms with Crippen molar-refractivity contribution in [3.8, 4) is 0 Å². The van der Waals surface area contributed by atoms with Gasteiger partial charge in [-0.3, -0.25) is 0 Å². The second-order valence-corrected chi connectivity index (χ2v) is 8.80. The lowest BCUT2D eigenvalue weighted by Crippen LogP contribution is -2.41. The molecule has 4 atom stereocenters. The van der Waals surface area contributed by atoms with Crippen molar-refractivity contribution in [2.45, 2.75) is 90.4 Å². The van der Waals surface area contributed by atoms with Crippen molar-refractivity contribution in [2.75, 3.05) is 0 Å². The average Bonchev–Trinajstić information content (AvgIpc) is 2.54. The molecule has 0 aliphatic heterocycles. The maximum absolute atomic E-state index is 14.4. The van der Waals surface area contributed by atoms with E-state index in [2.05, 4.69) is 6.92 Å². The largest absolute Gasteiger partial charge is 0.412 e. The first-order valence-corrected chi connectivity index (χ1v) is 9.84. The Morgan fingerprint density at radius 3 is 1.61 bits per heavy atom. The van der Waals surface area contributed by atoms with Crippen molar-refractivity contribution >= 4 is 0 Å². The van der Waals surface area contributed by atoms with E-state index in [-0.39, 0.29) is 17.3 Å². The van der Waals surface area contributed by atoms with Crippen molar-refractivity contribution in [1.82, 2.24) is 0 Å². The van der Waals surface area contributed by atoms with Gasteiger partial charge in [0.15, 0.2) is 0 Å². The lowest BCUT2D eigenvalue weighted by molar-refractivity contribution is -0.00996. The Hall–Kier alpha value is -0.180. The summed E-state index contributed by atoms with van der Waals surface area (Å²) in [7, 11) is 0. The van der Waals surface area contributed by atoms with Crippen LogP contribution in [0.1, 0.15) is 78.1 Å². The van der Waals surface area contributed by atoms with Crippen LogP contribution in [0.25, 0.3) is 0 Å². The van der Waals surface area contributed by atoms with Gasteiger partial charge in [-0.1, -0.05) is 26.7 Å². The lowest BCUT2D eigenvalue weighted by Gasteiger charge is -2.42. The molecule has 0 amide bonds. The van der Waals surface area contributed by atoms with Gasteiger partial charge >= 0.3 is 0 Å². The number of hydrogen-bond acceptors (Lipinski definition) is 0. The molecule has 4 unspecified atom stereocenters. The average molecular weight is 331 g/mol. The van der Waals surface area contributed by atoms with Crippen LogP contribution in [0.4, 0.5) is 8.78 Å². The van der Waals surface area contributed by atoms with Gasteiger partial charge in [-0.15, -0.1) is 0 Å². The highest BCUT2D eigenvalue weighted by molar-refractivity contribution is 4.92. The summed E-state index contributed by atoms with van der Waals surface area (Å²) in [6.07, 6.45) is 9.89. The third-order valence-electron chi connectivity index (χ3n) is 7.36. The highest BCUT2D eigenvalue weighted by Crippen LogP contribution is 2.46. The SMILES string of the molecule is CC1CCC(C2CCC(C3CCC(C)C(F)C3F)CC2)CC1.O. The minimum Gasteiger partial charge on any atom is -0.412 e. The normalized spacial score (nSPS) is 48.5. The second kappa shape index (κ2) is 8.27. The van der Waals surface area contributed by atoms with E-state index in [1.54, 1.807) is 0 Å². The fourth-order valence-electron chi connectivity index (χ4n) is 5.62. The zero-order valence-electron chi connectivity index (χ0n) is 14.9. The molecule has 2 N–H and O–H groups in total. The first-order chi connectivity index (χ1) is 10.6. The molecule has 0 radical (unpaired) electrons.